The number of carboxylic acid groups (broad SMARTS) is 1. The number of hydrogen-bond acceptors (Lipinski definition) is 2. The molecule has 2 rings (SSSR count). The second-order valence-corrected chi connectivity index (χ2v) is 3.86. The SMILES string of the molecule is C=Cc1ccc(F)c(-c2nc(C(=O)O)ccc2F)c1F. The standard InChI is InChI=1S/C14H8F3NO2/c1-2-7-3-4-8(15)11(12(7)17)13-9(16)5-6-10(18-13)14(19)20/h2-6H,1H2,(H,19,20). The zero-order chi connectivity index (χ0) is 14.9. The molecule has 1 aromatic carbocycles. The van der Waals surface area contributed by atoms with Crippen LogP contribution >= 0.6 is 0 Å². The van der Waals surface area contributed by atoms with Gasteiger partial charge in [-0.15, -0.1) is 0 Å². The number of aromatic carboxylic acids is 1. The van der Waals surface area contributed by atoms with Crippen molar-refractivity contribution >= 4 is 12.0 Å². The van der Waals surface area contributed by atoms with Crippen molar-refractivity contribution in [3.05, 3.63) is 59.6 Å². The van der Waals surface area contributed by atoms with E-state index in [-0.39, 0.29) is 5.56 Å². The summed E-state index contributed by atoms with van der Waals surface area (Å²) in [5.41, 5.74) is -1.96. The highest BCUT2D eigenvalue weighted by Gasteiger charge is 2.20. The Labute approximate surface area is 112 Å². The molecule has 0 aliphatic heterocycles. The van der Waals surface area contributed by atoms with Crippen molar-refractivity contribution in [1.29, 1.82) is 0 Å². The van der Waals surface area contributed by atoms with Crippen LogP contribution in [0.25, 0.3) is 17.3 Å². The Hall–Kier alpha value is -2.63. The van der Waals surface area contributed by atoms with E-state index in [1.807, 2.05) is 0 Å². The maximum atomic E-state index is 14.1. The van der Waals surface area contributed by atoms with Gasteiger partial charge in [0, 0.05) is 5.56 Å². The average molecular weight is 279 g/mol. The number of rotatable bonds is 3. The molecule has 3 nitrogen and oxygen atoms in total. The Morgan fingerprint density at radius 2 is 1.80 bits per heavy atom. The van der Waals surface area contributed by atoms with Crippen molar-refractivity contribution in [1.82, 2.24) is 4.98 Å². The molecule has 20 heavy (non-hydrogen) atoms. The third kappa shape index (κ3) is 2.27. The maximum Gasteiger partial charge on any atom is 0.354 e. The summed E-state index contributed by atoms with van der Waals surface area (Å²) in [6, 6.07) is 3.78. The predicted molar refractivity (Wildman–Crippen MR) is 66.6 cm³/mol. The number of nitrogens with zero attached hydrogens (tertiary/aromatic N) is 1. The number of aromatic nitrogens is 1. The summed E-state index contributed by atoms with van der Waals surface area (Å²) in [6.07, 6.45) is 1.14. The first-order valence-electron chi connectivity index (χ1n) is 5.46. The Morgan fingerprint density at radius 1 is 1.15 bits per heavy atom. The summed E-state index contributed by atoms with van der Waals surface area (Å²) < 4.78 is 41.5. The van der Waals surface area contributed by atoms with Gasteiger partial charge < -0.3 is 5.11 Å². The van der Waals surface area contributed by atoms with Crippen molar-refractivity contribution in [3.63, 3.8) is 0 Å². The van der Waals surface area contributed by atoms with Crippen LogP contribution in [0.15, 0.2) is 30.8 Å². The molecule has 102 valence electrons. The summed E-state index contributed by atoms with van der Waals surface area (Å²) in [4.78, 5) is 14.3. The number of hydrogen-bond donors (Lipinski definition) is 1. The average Bonchev–Trinajstić information content (AvgIpc) is 2.40. The number of pyridine rings is 1. The first-order chi connectivity index (χ1) is 9.45. The molecule has 0 aliphatic carbocycles. The van der Waals surface area contributed by atoms with Crippen molar-refractivity contribution in [2.24, 2.45) is 0 Å². The van der Waals surface area contributed by atoms with Gasteiger partial charge in [0.1, 0.15) is 28.8 Å². The monoisotopic (exact) mass is 279 g/mol. The fourth-order valence-corrected chi connectivity index (χ4v) is 1.68. The summed E-state index contributed by atoms with van der Waals surface area (Å²) >= 11 is 0. The number of carbonyl (C=O) groups is 1. The Kier molecular flexibility index (Phi) is 3.56. The van der Waals surface area contributed by atoms with Gasteiger partial charge in [-0.25, -0.2) is 22.9 Å². The van der Waals surface area contributed by atoms with Crippen LogP contribution in [0.2, 0.25) is 0 Å². The zero-order valence-electron chi connectivity index (χ0n) is 10.0. The molecule has 0 atom stereocenters. The van der Waals surface area contributed by atoms with Gasteiger partial charge in [-0.2, -0.15) is 0 Å². The largest absolute Gasteiger partial charge is 0.477 e. The quantitative estimate of drug-likeness (QED) is 0.935. The summed E-state index contributed by atoms with van der Waals surface area (Å²) in [5.74, 6) is -4.53. The molecule has 0 saturated carbocycles. The lowest BCUT2D eigenvalue weighted by atomic mass is 10.0. The van der Waals surface area contributed by atoms with E-state index in [1.54, 1.807) is 0 Å². The summed E-state index contributed by atoms with van der Waals surface area (Å²) in [6.45, 7) is 3.35. The highest BCUT2D eigenvalue weighted by atomic mass is 19.1. The molecular weight excluding hydrogens is 271 g/mol. The molecule has 1 aromatic heterocycles. The lowest BCUT2D eigenvalue weighted by molar-refractivity contribution is 0.0690. The summed E-state index contributed by atoms with van der Waals surface area (Å²) in [7, 11) is 0. The van der Waals surface area contributed by atoms with Crippen LogP contribution in [0.3, 0.4) is 0 Å². The molecule has 0 amide bonds. The van der Waals surface area contributed by atoms with Crippen molar-refractivity contribution in [2.75, 3.05) is 0 Å². The molecule has 0 saturated heterocycles. The molecular formula is C14H8F3NO2. The van der Waals surface area contributed by atoms with Gasteiger partial charge in [0.25, 0.3) is 0 Å². The van der Waals surface area contributed by atoms with E-state index in [9.17, 15) is 18.0 Å². The van der Waals surface area contributed by atoms with Crippen molar-refractivity contribution < 1.29 is 23.1 Å². The zero-order valence-corrected chi connectivity index (χ0v) is 10.0. The molecule has 0 spiro atoms. The maximum absolute atomic E-state index is 14.1. The van der Waals surface area contributed by atoms with Crippen LogP contribution in [0.1, 0.15) is 16.1 Å². The fourth-order valence-electron chi connectivity index (χ4n) is 1.68. The first-order valence-corrected chi connectivity index (χ1v) is 5.46. The number of carboxylic acids is 1. The lowest BCUT2D eigenvalue weighted by Gasteiger charge is -2.08. The van der Waals surface area contributed by atoms with E-state index >= 15 is 0 Å². The molecule has 1 N–H and O–H groups in total. The van der Waals surface area contributed by atoms with Crippen LogP contribution in [-0.2, 0) is 0 Å². The van der Waals surface area contributed by atoms with Crippen LogP contribution in [0.5, 0.6) is 0 Å². The Bertz CT molecular complexity index is 714. The van der Waals surface area contributed by atoms with E-state index in [1.165, 1.54) is 0 Å². The molecule has 6 heteroatoms. The minimum atomic E-state index is -1.42. The van der Waals surface area contributed by atoms with Crippen molar-refractivity contribution in [3.8, 4) is 11.3 Å². The first kappa shape index (κ1) is 13.8. The predicted octanol–water partition coefficient (Wildman–Crippen LogP) is 3.51. The van der Waals surface area contributed by atoms with E-state index in [0.717, 1.165) is 30.3 Å². The van der Waals surface area contributed by atoms with Crippen LogP contribution in [-0.4, -0.2) is 16.1 Å². The van der Waals surface area contributed by atoms with Gasteiger partial charge in [0.2, 0.25) is 0 Å². The molecule has 0 aliphatic rings. The summed E-state index contributed by atoms with van der Waals surface area (Å²) in [5, 5.41) is 8.80. The second kappa shape index (κ2) is 5.16. The van der Waals surface area contributed by atoms with E-state index in [0.29, 0.717) is 0 Å². The lowest BCUT2D eigenvalue weighted by Crippen LogP contribution is -2.05. The van der Waals surface area contributed by atoms with Gasteiger partial charge >= 0.3 is 5.97 Å². The number of halogens is 3. The Balaban J connectivity index is 2.77. The van der Waals surface area contributed by atoms with Gasteiger partial charge in [0.15, 0.2) is 0 Å². The van der Waals surface area contributed by atoms with Crippen LogP contribution < -0.4 is 0 Å². The van der Waals surface area contributed by atoms with Gasteiger partial charge in [0.05, 0.1) is 5.56 Å². The smallest absolute Gasteiger partial charge is 0.354 e. The fraction of sp³-hybridized carbons (Fsp3) is 0. The minimum absolute atomic E-state index is 0.0386. The molecule has 0 bridgehead atoms. The molecule has 2 aromatic rings. The molecule has 1 heterocycles. The molecule has 0 unspecified atom stereocenters. The van der Waals surface area contributed by atoms with E-state index in [4.69, 9.17) is 5.11 Å². The molecule has 0 radical (unpaired) electrons. The third-order valence-electron chi connectivity index (χ3n) is 2.64. The van der Waals surface area contributed by atoms with Gasteiger partial charge in [-0.1, -0.05) is 12.7 Å². The van der Waals surface area contributed by atoms with Gasteiger partial charge in [-0.05, 0) is 24.3 Å². The van der Waals surface area contributed by atoms with E-state index in [2.05, 4.69) is 11.6 Å². The van der Waals surface area contributed by atoms with Crippen molar-refractivity contribution in [2.45, 2.75) is 0 Å². The van der Waals surface area contributed by atoms with Crippen LogP contribution in [0, 0.1) is 17.5 Å². The highest BCUT2D eigenvalue weighted by Crippen LogP contribution is 2.29. The normalized spacial score (nSPS) is 10.3. The molecule has 0 fully saturated rings. The Morgan fingerprint density at radius 3 is 2.40 bits per heavy atom. The van der Waals surface area contributed by atoms with Gasteiger partial charge in [-0.3, -0.25) is 0 Å². The second-order valence-electron chi connectivity index (χ2n) is 3.86. The van der Waals surface area contributed by atoms with Crippen LogP contribution in [0.4, 0.5) is 13.2 Å². The topological polar surface area (TPSA) is 50.2 Å². The minimum Gasteiger partial charge on any atom is -0.477 e. The van der Waals surface area contributed by atoms with E-state index < -0.39 is 40.4 Å². The number of benzene rings is 1. The third-order valence-corrected chi connectivity index (χ3v) is 2.64. The highest BCUT2D eigenvalue weighted by molar-refractivity contribution is 5.86.